The lowest BCUT2D eigenvalue weighted by Crippen LogP contribution is -2.27. The van der Waals surface area contributed by atoms with E-state index in [9.17, 15) is 9.90 Å². The predicted octanol–water partition coefficient (Wildman–Crippen LogP) is 3.35. The highest BCUT2D eigenvalue weighted by Gasteiger charge is 2.25. The van der Waals surface area contributed by atoms with E-state index >= 15 is 0 Å². The Labute approximate surface area is 157 Å². The van der Waals surface area contributed by atoms with Gasteiger partial charge < -0.3 is 14.7 Å². The molecule has 1 saturated heterocycles. The lowest BCUT2D eigenvalue weighted by atomic mass is 10.0. The van der Waals surface area contributed by atoms with Crippen LogP contribution in [0.4, 0.5) is 0 Å². The number of amides is 1. The van der Waals surface area contributed by atoms with Crippen LogP contribution in [0.5, 0.6) is 11.5 Å². The number of hydrogen-bond donors (Lipinski definition) is 2. The van der Waals surface area contributed by atoms with Gasteiger partial charge in [-0.05, 0) is 47.9 Å². The number of ether oxygens (including phenoxy) is 1. The van der Waals surface area contributed by atoms with E-state index in [1.54, 1.807) is 23.2 Å². The second-order valence-corrected chi connectivity index (χ2v) is 6.81. The van der Waals surface area contributed by atoms with Gasteiger partial charge in [0.25, 0.3) is 0 Å². The summed E-state index contributed by atoms with van der Waals surface area (Å²) < 4.78 is 6.14. The van der Waals surface area contributed by atoms with Gasteiger partial charge in [-0.2, -0.15) is 5.10 Å². The van der Waals surface area contributed by atoms with E-state index < -0.39 is 0 Å². The molecule has 2 N–H and O–H groups in total. The molecule has 1 aliphatic heterocycles. The molecule has 1 aliphatic rings. The van der Waals surface area contributed by atoms with Crippen molar-refractivity contribution in [1.29, 1.82) is 0 Å². The van der Waals surface area contributed by atoms with Crippen LogP contribution in [0.1, 0.15) is 6.42 Å². The van der Waals surface area contributed by atoms with Crippen molar-refractivity contribution in [2.75, 3.05) is 19.7 Å². The van der Waals surface area contributed by atoms with E-state index in [4.69, 9.17) is 4.74 Å². The van der Waals surface area contributed by atoms with Gasteiger partial charge in [-0.25, -0.2) is 0 Å². The van der Waals surface area contributed by atoms with Crippen LogP contribution in [0, 0.1) is 5.92 Å². The third-order valence-corrected chi connectivity index (χ3v) is 4.97. The molecule has 138 valence electrons. The Balaban J connectivity index is 1.54. The lowest BCUT2D eigenvalue weighted by molar-refractivity contribution is -0.125. The first-order valence-electron chi connectivity index (χ1n) is 8.94. The van der Waals surface area contributed by atoms with Gasteiger partial charge in [-0.15, -0.1) is 0 Å². The summed E-state index contributed by atoms with van der Waals surface area (Å²) >= 11 is 0. The zero-order chi connectivity index (χ0) is 18.8. The van der Waals surface area contributed by atoms with E-state index in [-0.39, 0.29) is 11.7 Å². The molecule has 27 heavy (non-hydrogen) atoms. The van der Waals surface area contributed by atoms with Crippen molar-refractivity contribution in [3.05, 3.63) is 55.3 Å². The van der Waals surface area contributed by atoms with Crippen LogP contribution in [-0.2, 0) is 4.79 Å². The summed E-state index contributed by atoms with van der Waals surface area (Å²) in [6.45, 7) is 5.52. The number of nitrogens with one attached hydrogen (secondary N) is 1. The van der Waals surface area contributed by atoms with E-state index in [0.717, 1.165) is 40.7 Å². The van der Waals surface area contributed by atoms with Gasteiger partial charge in [0, 0.05) is 19.0 Å². The Kier molecular flexibility index (Phi) is 4.54. The van der Waals surface area contributed by atoms with Gasteiger partial charge in [-0.1, -0.05) is 18.7 Å². The number of aromatic hydroxyl groups is 1. The standard InChI is InChI=1S/C21H21N3O3/c1-2-21(26)24-8-7-14(12-24)13-27-20-10-16(9-19-18(20)11-22-23-19)15-3-5-17(25)6-4-15/h2-6,9-11,14,25H,1,7-8,12-13H2,(H,22,23). The Morgan fingerprint density at radius 2 is 2.15 bits per heavy atom. The summed E-state index contributed by atoms with van der Waals surface area (Å²) in [5, 5.41) is 17.6. The number of rotatable bonds is 5. The first-order valence-corrected chi connectivity index (χ1v) is 8.94. The highest BCUT2D eigenvalue weighted by atomic mass is 16.5. The predicted molar refractivity (Wildman–Crippen MR) is 104 cm³/mol. The number of carbonyl (C=O) groups excluding carboxylic acids is 1. The molecule has 6 heteroatoms. The number of benzene rings is 2. The molecular formula is C21H21N3O3. The molecular weight excluding hydrogens is 342 g/mol. The third-order valence-electron chi connectivity index (χ3n) is 4.97. The molecule has 0 aliphatic carbocycles. The fourth-order valence-corrected chi connectivity index (χ4v) is 3.46. The Morgan fingerprint density at radius 3 is 2.93 bits per heavy atom. The average molecular weight is 363 g/mol. The monoisotopic (exact) mass is 363 g/mol. The number of nitrogens with zero attached hydrogens (tertiary/aromatic N) is 2. The van der Waals surface area contributed by atoms with Crippen LogP contribution in [-0.4, -0.2) is 45.8 Å². The molecule has 2 heterocycles. The molecule has 0 radical (unpaired) electrons. The van der Waals surface area contributed by atoms with E-state index in [1.165, 1.54) is 6.08 Å². The number of aromatic nitrogens is 2. The topological polar surface area (TPSA) is 78.5 Å². The number of phenolic OH excluding ortho intramolecular Hbond substituents is 1. The summed E-state index contributed by atoms with van der Waals surface area (Å²) in [4.78, 5) is 13.5. The van der Waals surface area contributed by atoms with E-state index in [2.05, 4.69) is 16.8 Å². The molecule has 1 fully saturated rings. The largest absolute Gasteiger partial charge is 0.508 e. The minimum Gasteiger partial charge on any atom is -0.508 e. The van der Waals surface area contributed by atoms with Gasteiger partial charge in [0.1, 0.15) is 11.5 Å². The summed E-state index contributed by atoms with van der Waals surface area (Å²) in [5.74, 6) is 1.27. The number of H-pyrrole nitrogens is 1. The lowest BCUT2D eigenvalue weighted by Gasteiger charge is -2.15. The molecule has 0 spiro atoms. The number of aromatic amines is 1. The highest BCUT2D eigenvalue weighted by Crippen LogP contribution is 2.33. The fourth-order valence-electron chi connectivity index (χ4n) is 3.46. The second kappa shape index (κ2) is 7.15. The molecule has 6 nitrogen and oxygen atoms in total. The van der Waals surface area contributed by atoms with Crippen molar-refractivity contribution >= 4 is 16.8 Å². The molecule has 1 unspecified atom stereocenters. The number of phenols is 1. The zero-order valence-corrected chi connectivity index (χ0v) is 14.9. The third kappa shape index (κ3) is 3.51. The van der Waals surface area contributed by atoms with Gasteiger partial charge in [0.05, 0.1) is 23.7 Å². The summed E-state index contributed by atoms with van der Waals surface area (Å²) in [6, 6.07) is 11.1. The summed E-state index contributed by atoms with van der Waals surface area (Å²) in [6.07, 6.45) is 4.04. The van der Waals surface area contributed by atoms with Gasteiger partial charge in [0.15, 0.2) is 0 Å². The quantitative estimate of drug-likeness (QED) is 0.682. The highest BCUT2D eigenvalue weighted by molar-refractivity contribution is 5.90. The molecule has 1 aromatic heterocycles. The van der Waals surface area contributed by atoms with E-state index in [0.29, 0.717) is 19.1 Å². The van der Waals surface area contributed by atoms with Crippen LogP contribution in [0.3, 0.4) is 0 Å². The summed E-state index contributed by atoms with van der Waals surface area (Å²) in [7, 11) is 0. The maximum absolute atomic E-state index is 11.7. The summed E-state index contributed by atoms with van der Waals surface area (Å²) in [5.41, 5.74) is 2.86. The maximum Gasteiger partial charge on any atom is 0.245 e. The van der Waals surface area contributed by atoms with Crippen molar-refractivity contribution < 1.29 is 14.6 Å². The number of carbonyl (C=O) groups is 1. The van der Waals surface area contributed by atoms with Crippen molar-refractivity contribution in [1.82, 2.24) is 15.1 Å². The van der Waals surface area contributed by atoms with Crippen LogP contribution in [0.25, 0.3) is 22.0 Å². The molecule has 3 aromatic rings. The molecule has 0 bridgehead atoms. The fraction of sp³-hybridized carbons (Fsp3) is 0.238. The van der Waals surface area contributed by atoms with Crippen LogP contribution >= 0.6 is 0 Å². The molecule has 2 aromatic carbocycles. The van der Waals surface area contributed by atoms with Crippen molar-refractivity contribution in [3.63, 3.8) is 0 Å². The number of hydrogen-bond acceptors (Lipinski definition) is 4. The Morgan fingerprint density at radius 1 is 1.33 bits per heavy atom. The number of fused-ring (bicyclic) bond motifs is 1. The minimum atomic E-state index is -0.0240. The minimum absolute atomic E-state index is 0.0240. The zero-order valence-electron chi connectivity index (χ0n) is 14.9. The average Bonchev–Trinajstić information content (AvgIpc) is 3.35. The van der Waals surface area contributed by atoms with Gasteiger partial charge in [0.2, 0.25) is 5.91 Å². The van der Waals surface area contributed by atoms with Crippen molar-refractivity contribution in [2.45, 2.75) is 6.42 Å². The Bertz CT molecular complexity index is 978. The first-order chi connectivity index (χ1) is 13.1. The molecule has 1 atom stereocenters. The SMILES string of the molecule is C=CC(=O)N1CCC(COc2cc(-c3ccc(O)cc3)cc3[nH]ncc23)C1. The Hall–Kier alpha value is -3.28. The maximum atomic E-state index is 11.7. The van der Waals surface area contributed by atoms with Crippen molar-refractivity contribution in [2.24, 2.45) is 5.92 Å². The normalized spacial score (nSPS) is 16.6. The van der Waals surface area contributed by atoms with Crippen LogP contribution in [0.15, 0.2) is 55.3 Å². The first kappa shape index (κ1) is 17.1. The molecule has 0 saturated carbocycles. The van der Waals surface area contributed by atoms with Crippen LogP contribution < -0.4 is 4.74 Å². The number of likely N-dealkylation sites (tertiary alicyclic amines) is 1. The van der Waals surface area contributed by atoms with Crippen LogP contribution in [0.2, 0.25) is 0 Å². The van der Waals surface area contributed by atoms with E-state index in [1.807, 2.05) is 24.3 Å². The molecule has 1 amide bonds. The van der Waals surface area contributed by atoms with Crippen molar-refractivity contribution in [3.8, 4) is 22.6 Å². The smallest absolute Gasteiger partial charge is 0.245 e. The second-order valence-electron chi connectivity index (χ2n) is 6.81. The van der Waals surface area contributed by atoms with Gasteiger partial charge in [-0.3, -0.25) is 9.89 Å². The van der Waals surface area contributed by atoms with Gasteiger partial charge >= 0.3 is 0 Å². The molecule has 4 rings (SSSR count).